The van der Waals surface area contributed by atoms with Gasteiger partial charge in [0.1, 0.15) is 0 Å². The van der Waals surface area contributed by atoms with E-state index in [1.54, 1.807) is 6.92 Å². The van der Waals surface area contributed by atoms with Crippen molar-refractivity contribution < 1.29 is 4.79 Å². The monoisotopic (exact) mass is 304 g/mol. The Balaban J connectivity index is 0.000000677. The summed E-state index contributed by atoms with van der Waals surface area (Å²) in [5.41, 5.74) is 9.32. The number of hydrogen-bond acceptors (Lipinski definition) is 4. The molecule has 0 saturated heterocycles. The second-order valence-corrected chi connectivity index (χ2v) is 5.85. The highest BCUT2D eigenvalue weighted by atomic mass is 32.1. The number of ketones is 1. The van der Waals surface area contributed by atoms with Gasteiger partial charge in [-0.3, -0.25) is 4.79 Å². The number of nitrogens with zero attached hydrogens (tertiary/aromatic N) is 1. The number of thiazole rings is 1. The predicted molar refractivity (Wildman–Crippen MR) is 91.9 cm³/mol. The van der Waals surface area contributed by atoms with Crippen LogP contribution in [0.3, 0.4) is 0 Å². The van der Waals surface area contributed by atoms with Crippen molar-refractivity contribution in [1.82, 2.24) is 4.98 Å². The molecule has 0 radical (unpaired) electrons. The van der Waals surface area contributed by atoms with Gasteiger partial charge in [0.15, 0.2) is 10.9 Å². The highest BCUT2D eigenvalue weighted by Gasteiger charge is 2.10. The molecule has 0 aliphatic heterocycles. The second-order valence-electron chi connectivity index (χ2n) is 4.96. The van der Waals surface area contributed by atoms with Crippen LogP contribution in [-0.2, 0) is 6.42 Å². The van der Waals surface area contributed by atoms with E-state index in [2.05, 4.69) is 25.8 Å². The maximum atomic E-state index is 11.7. The van der Waals surface area contributed by atoms with Crippen molar-refractivity contribution in [2.24, 2.45) is 0 Å². The van der Waals surface area contributed by atoms with Gasteiger partial charge in [0.05, 0.1) is 5.69 Å². The summed E-state index contributed by atoms with van der Waals surface area (Å²) in [4.78, 5) is 15.9. The summed E-state index contributed by atoms with van der Waals surface area (Å²) < 4.78 is 0. The van der Waals surface area contributed by atoms with Crippen LogP contribution in [0.4, 0.5) is 5.13 Å². The fourth-order valence-corrected chi connectivity index (χ4v) is 2.54. The minimum absolute atomic E-state index is 0.100. The van der Waals surface area contributed by atoms with Gasteiger partial charge in [0.2, 0.25) is 0 Å². The Morgan fingerprint density at radius 1 is 1.29 bits per heavy atom. The molecule has 21 heavy (non-hydrogen) atoms. The summed E-state index contributed by atoms with van der Waals surface area (Å²) in [6.45, 7) is 7.96. The molecule has 0 atom stereocenters. The first-order valence-corrected chi connectivity index (χ1v) is 8.26. The Bertz CT molecular complexity index is 590. The number of aromatic nitrogens is 1. The number of nitrogen functional groups attached to an aromatic ring is 1. The molecule has 0 amide bonds. The number of hydrogen-bond donors (Lipinski definition) is 1. The van der Waals surface area contributed by atoms with Crippen molar-refractivity contribution in [3.8, 4) is 11.3 Å². The molecule has 2 N–H and O–H groups in total. The molecule has 0 fully saturated rings. The van der Waals surface area contributed by atoms with Gasteiger partial charge in [-0.1, -0.05) is 45.7 Å². The molecule has 0 aliphatic rings. The molecule has 0 spiro atoms. The van der Waals surface area contributed by atoms with Crippen molar-refractivity contribution in [2.75, 3.05) is 5.73 Å². The van der Waals surface area contributed by atoms with Crippen molar-refractivity contribution in [3.05, 3.63) is 34.7 Å². The zero-order chi connectivity index (χ0) is 15.8. The number of Topliss-reactive ketones (excluding diaryl/α,β-unsaturated/α-hetero) is 1. The summed E-state index contributed by atoms with van der Waals surface area (Å²) >= 11 is 1.41. The van der Waals surface area contributed by atoms with E-state index in [1.165, 1.54) is 17.8 Å². The third-order valence-electron chi connectivity index (χ3n) is 2.83. The van der Waals surface area contributed by atoms with Gasteiger partial charge in [-0.2, -0.15) is 0 Å². The average molecular weight is 304 g/mol. The molecule has 114 valence electrons. The van der Waals surface area contributed by atoms with Gasteiger partial charge < -0.3 is 5.73 Å². The number of rotatable bonds is 4. The van der Waals surface area contributed by atoms with E-state index >= 15 is 0 Å². The van der Waals surface area contributed by atoms with Crippen LogP contribution in [0.25, 0.3) is 11.3 Å². The molecule has 1 aromatic carbocycles. The Hall–Kier alpha value is -1.68. The van der Waals surface area contributed by atoms with E-state index in [9.17, 15) is 4.79 Å². The fraction of sp³-hybridized carbons (Fsp3) is 0.412. The van der Waals surface area contributed by atoms with Crippen LogP contribution in [0.1, 0.15) is 56.5 Å². The molecule has 0 saturated carbocycles. The standard InChI is InChI=1S/C14H16N2OS.C3H8/c1-3-4-10-5-6-11(7-12(10)9(2)17)13-8-18-14(15)16-13;1-3-2/h5-8H,3-4H2,1-2H3,(H2,15,16);3H2,1-2H3. The maximum absolute atomic E-state index is 11.7. The van der Waals surface area contributed by atoms with E-state index < -0.39 is 0 Å². The lowest BCUT2D eigenvalue weighted by molar-refractivity contribution is 0.101. The lowest BCUT2D eigenvalue weighted by Crippen LogP contribution is -2.00. The van der Waals surface area contributed by atoms with Gasteiger partial charge in [0.25, 0.3) is 0 Å². The van der Waals surface area contributed by atoms with E-state index in [-0.39, 0.29) is 5.78 Å². The highest BCUT2D eigenvalue weighted by molar-refractivity contribution is 7.13. The van der Waals surface area contributed by atoms with Gasteiger partial charge in [-0.25, -0.2) is 4.98 Å². The van der Waals surface area contributed by atoms with Crippen LogP contribution in [0.15, 0.2) is 23.6 Å². The lowest BCUT2D eigenvalue weighted by Gasteiger charge is -2.07. The number of carbonyl (C=O) groups excluding carboxylic acids is 1. The van der Waals surface area contributed by atoms with Crippen LogP contribution in [0, 0.1) is 0 Å². The Morgan fingerprint density at radius 2 is 1.95 bits per heavy atom. The van der Waals surface area contributed by atoms with Gasteiger partial charge in [-0.15, -0.1) is 11.3 Å². The zero-order valence-corrected chi connectivity index (χ0v) is 14.1. The van der Waals surface area contributed by atoms with E-state index in [0.29, 0.717) is 5.13 Å². The van der Waals surface area contributed by atoms with Gasteiger partial charge >= 0.3 is 0 Å². The van der Waals surface area contributed by atoms with Crippen molar-refractivity contribution >= 4 is 22.3 Å². The van der Waals surface area contributed by atoms with Crippen LogP contribution in [0.2, 0.25) is 0 Å². The summed E-state index contributed by atoms with van der Waals surface area (Å²) in [5.74, 6) is 0.100. The first-order valence-electron chi connectivity index (χ1n) is 7.38. The molecule has 4 heteroatoms. The van der Waals surface area contributed by atoms with Crippen LogP contribution < -0.4 is 5.73 Å². The Kier molecular flexibility index (Phi) is 7.09. The van der Waals surface area contributed by atoms with E-state index in [0.717, 1.165) is 35.2 Å². The smallest absolute Gasteiger partial charge is 0.180 e. The summed E-state index contributed by atoms with van der Waals surface area (Å²) in [7, 11) is 0. The summed E-state index contributed by atoms with van der Waals surface area (Å²) in [6, 6.07) is 5.94. The SMILES string of the molecule is CCC.CCCc1ccc(-c2csc(N)n2)cc1C(C)=O. The molecule has 3 nitrogen and oxygen atoms in total. The minimum Gasteiger partial charge on any atom is -0.375 e. The lowest BCUT2D eigenvalue weighted by atomic mass is 9.97. The number of benzene rings is 1. The predicted octanol–water partition coefficient (Wildman–Crippen LogP) is 4.96. The summed E-state index contributed by atoms with van der Waals surface area (Å²) in [6.07, 6.45) is 3.21. The number of nitrogens with two attached hydrogens (primary N) is 1. The Morgan fingerprint density at radius 3 is 2.43 bits per heavy atom. The first-order chi connectivity index (χ1) is 10.0. The second kappa shape index (κ2) is 8.57. The molecule has 0 bridgehead atoms. The quantitative estimate of drug-likeness (QED) is 0.812. The fourth-order valence-electron chi connectivity index (χ4n) is 1.97. The van der Waals surface area contributed by atoms with E-state index in [1.807, 2.05) is 23.6 Å². The number of anilines is 1. The number of carbonyl (C=O) groups is 1. The third kappa shape index (κ3) is 4.97. The molecular formula is C17H24N2OS. The van der Waals surface area contributed by atoms with Gasteiger partial charge in [-0.05, 0) is 25.0 Å². The molecule has 1 heterocycles. The average Bonchev–Trinajstić information content (AvgIpc) is 2.87. The first kappa shape index (κ1) is 17.4. The third-order valence-corrected chi connectivity index (χ3v) is 3.50. The van der Waals surface area contributed by atoms with Gasteiger partial charge in [0, 0.05) is 16.5 Å². The highest BCUT2D eigenvalue weighted by Crippen LogP contribution is 2.26. The molecule has 2 rings (SSSR count). The van der Waals surface area contributed by atoms with Crippen LogP contribution in [0.5, 0.6) is 0 Å². The van der Waals surface area contributed by atoms with E-state index in [4.69, 9.17) is 5.73 Å². The topological polar surface area (TPSA) is 56.0 Å². The number of aryl methyl sites for hydroxylation is 1. The molecule has 0 unspecified atom stereocenters. The summed E-state index contributed by atoms with van der Waals surface area (Å²) in [5, 5.41) is 2.46. The molecular weight excluding hydrogens is 280 g/mol. The molecule has 0 aliphatic carbocycles. The van der Waals surface area contributed by atoms with Crippen molar-refractivity contribution in [1.29, 1.82) is 0 Å². The Labute approximate surface area is 131 Å². The maximum Gasteiger partial charge on any atom is 0.180 e. The minimum atomic E-state index is 0.100. The van der Waals surface area contributed by atoms with Crippen LogP contribution in [-0.4, -0.2) is 10.8 Å². The normalized spacial score (nSPS) is 9.90. The zero-order valence-electron chi connectivity index (χ0n) is 13.3. The largest absolute Gasteiger partial charge is 0.375 e. The molecule has 2 aromatic rings. The van der Waals surface area contributed by atoms with Crippen molar-refractivity contribution in [3.63, 3.8) is 0 Å². The molecule has 1 aromatic heterocycles. The van der Waals surface area contributed by atoms with Crippen molar-refractivity contribution in [2.45, 2.75) is 47.0 Å². The van der Waals surface area contributed by atoms with Crippen LogP contribution >= 0.6 is 11.3 Å².